The van der Waals surface area contributed by atoms with E-state index in [0.29, 0.717) is 0 Å². The molecular formula is C8H8F4. The van der Waals surface area contributed by atoms with Crippen molar-refractivity contribution in [3.05, 3.63) is 23.7 Å². The number of hydrogen-bond acceptors (Lipinski definition) is 0. The largest absolute Gasteiger partial charge is 0.239 e. The maximum Gasteiger partial charge on any atom is 0.208 e. The van der Waals surface area contributed by atoms with E-state index in [1.807, 2.05) is 0 Å². The summed E-state index contributed by atoms with van der Waals surface area (Å²) in [6, 6.07) is 0. The summed E-state index contributed by atoms with van der Waals surface area (Å²) >= 11 is 0. The van der Waals surface area contributed by atoms with Crippen LogP contribution in [-0.2, 0) is 0 Å². The molecule has 0 saturated heterocycles. The SMILES string of the molecule is CC1=C(F)[C](F)C(C)[C](F)C1F. The molecule has 2 unspecified atom stereocenters. The Bertz CT molecular complexity index is 189. The predicted molar refractivity (Wildman–Crippen MR) is 36.6 cm³/mol. The van der Waals surface area contributed by atoms with Crippen molar-refractivity contribution in [3.8, 4) is 0 Å². The number of halogens is 4. The van der Waals surface area contributed by atoms with Gasteiger partial charge in [0.25, 0.3) is 0 Å². The van der Waals surface area contributed by atoms with Gasteiger partial charge in [-0.1, -0.05) is 6.92 Å². The minimum absolute atomic E-state index is 0.525. The van der Waals surface area contributed by atoms with Crippen molar-refractivity contribution >= 4 is 0 Å². The summed E-state index contributed by atoms with van der Waals surface area (Å²) < 4.78 is 50.9. The van der Waals surface area contributed by atoms with Gasteiger partial charge in [0, 0.05) is 5.92 Å². The fraction of sp³-hybridized carbons (Fsp3) is 0.500. The normalized spacial score (nSPS) is 34.5. The smallest absolute Gasteiger partial charge is 0.208 e. The maximum atomic E-state index is 12.8. The molecule has 12 heavy (non-hydrogen) atoms. The van der Waals surface area contributed by atoms with Gasteiger partial charge in [0.15, 0.2) is 12.3 Å². The zero-order valence-corrected chi connectivity index (χ0v) is 6.67. The molecule has 1 aliphatic rings. The molecule has 0 bridgehead atoms. The second-order valence-corrected chi connectivity index (χ2v) is 2.81. The molecule has 0 fully saturated rings. The van der Waals surface area contributed by atoms with E-state index in [9.17, 15) is 17.6 Å². The summed E-state index contributed by atoms with van der Waals surface area (Å²) in [5.41, 5.74) is -0.525. The van der Waals surface area contributed by atoms with E-state index in [1.54, 1.807) is 0 Å². The van der Waals surface area contributed by atoms with Crippen LogP contribution in [0.15, 0.2) is 11.4 Å². The van der Waals surface area contributed by atoms with Crippen LogP contribution in [0.25, 0.3) is 0 Å². The number of rotatable bonds is 0. The summed E-state index contributed by atoms with van der Waals surface area (Å²) in [7, 11) is 0. The second kappa shape index (κ2) is 3.07. The molecule has 0 nitrogen and oxygen atoms in total. The lowest BCUT2D eigenvalue weighted by atomic mass is 9.86. The van der Waals surface area contributed by atoms with E-state index >= 15 is 0 Å². The van der Waals surface area contributed by atoms with Gasteiger partial charge in [0.2, 0.25) is 6.17 Å². The first-order valence-electron chi connectivity index (χ1n) is 3.52. The lowest BCUT2D eigenvalue weighted by Gasteiger charge is -2.27. The van der Waals surface area contributed by atoms with Crippen LogP contribution in [0.3, 0.4) is 0 Å². The first kappa shape index (κ1) is 9.55. The van der Waals surface area contributed by atoms with Crippen LogP contribution < -0.4 is 0 Å². The van der Waals surface area contributed by atoms with Crippen LogP contribution in [-0.4, -0.2) is 6.17 Å². The van der Waals surface area contributed by atoms with Gasteiger partial charge in [0.1, 0.15) is 5.83 Å². The molecule has 0 aromatic rings. The Hall–Kier alpha value is -0.540. The topological polar surface area (TPSA) is 0 Å². The van der Waals surface area contributed by atoms with Gasteiger partial charge in [-0.15, -0.1) is 0 Å². The van der Waals surface area contributed by atoms with E-state index in [1.165, 1.54) is 0 Å². The Morgan fingerprint density at radius 3 is 2.17 bits per heavy atom. The molecule has 0 heterocycles. The molecule has 0 aliphatic heterocycles. The van der Waals surface area contributed by atoms with Gasteiger partial charge in [-0.2, -0.15) is 0 Å². The lowest BCUT2D eigenvalue weighted by molar-refractivity contribution is 0.191. The molecule has 0 spiro atoms. The molecule has 1 rings (SSSR count). The third kappa shape index (κ3) is 1.23. The zero-order valence-electron chi connectivity index (χ0n) is 6.67. The van der Waals surface area contributed by atoms with Crippen molar-refractivity contribution in [2.75, 3.05) is 0 Å². The quantitative estimate of drug-likeness (QED) is 0.502. The summed E-state index contributed by atoms with van der Waals surface area (Å²) in [5.74, 6) is -2.65. The minimum Gasteiger partial charge on any atom is -0.239 e. The van der Waals surface area contributed by atoms with Crippen LogP contribution in [0.2, 0.25) is 0 Å². The van der Waals surface area contributed by atoms with Crippen LogP contribution >= 0.6 is 0 Å². The highest BCUT2D eigenvalue weighted by Crippen LogP contribution is 2.44. The minimum atomic E-state index is -2.10. The van der Waals surface area contributed by atoms with Crippen molar-refractivity contribution in [1.29, 1.82) is 0 Å². The first-order chi connectivity index (χ1) is 5.46. The fourth-order valence-electron chi connectivity index (χ4n) is 1.04. The molecule has 2 radical (unpaired) electrons. The van der Waals surface area contributed by atoms with E-state index < -0.39 is 35.8 Å². The monoisotopic (exact) mass is 180 g/mol. The molecule has 0 N–H and O–H groups in total. The molecule has 0 saturated carbocycles. The first-order valence-corrected chi connectivity index (χ1v) is 3.52. The number of hydrogen-bond donors (Lipinski definition) is 0. The van der Waals surface area contributed by atoms with Crippen molar-refractivity contribution in [1.82, 2.24) is 0 Å². The van der Waals surface area contributed by atoms with Gasteiger partial charge in [-0.3, -0.25) is 0 Å². The molecule has 2 atom stereocenters. The summed E-state index contributed by atoms with van der Waals surface area (Å²) in [6.07, 6.45) is -4.48. The third-order valence-electron chi connectivity index (χ3n) is 1.97. The average molecular weight is 180 g/mol. The van der Waals surface area contributed by atoms with Crippen LogP contribution in [0.4, 0.5) is 17.6 Å². The third-order valence-corrected chi connectivity index (χ3v) is 1.97. The molecule has 1 aliphatic carbocycles. The Kier molecular flexibility index (Phi) is 2.44. The zero-order chi connectivity index (χ0) is 9.46. The van der Waals surface area contributed by atoms with E-state index in [0.717, 1.165) is 13.8 Å². The highest BCUT2D eigenvalue weighted by atomic mass is 19.2. The van der Waals surface area contributed by atoms with Crippen molar-refractivity contribution in [3.63, 3.8) is 0 Å². The maximum absolute atomic E-state index is 12.8. The Balaban J connectivity index is 3.00. The van der Waals surface area contributed by atoms with Crippen LogP contribution in [0, 0.1) is 18.3 Å². The summed E-state index contributed by atoms with van der Waals surface area (Å²) in [5, 5.41) is 0. The molecule has 0 aromatic carbocycles. The molecule has 0 aromatic heterocycles. The van der Waals surface area contributed by atoms with Gasteiger partial charge >= 0.3 is 0 Å². The standard InChI is InChI=1S/C8H8F4/c1-3-5(9)7(11)4(2)8(12)6(3)10/h3,7H,1-2H3. The van der Waals surface area contributed by atoms with E-state index in [-0.39, 0.29) is 0 Å². The van der Waals surface area contributed by atoms with Crippen LogP contribution in [0.5, 0.6) is 0 Å². The lowest BCUT2D eigenvalue weighted by Crippen LogP contribution is -2.28. The van der Waals surface area contributed by atoms with Gasteiger partial charge in [0.05, 0.1) is 0 Å². The molecular weight excluding hydrogens is 172 g/mol. The average Bonchev–Trinajstić information content (AvgIpc) is 2.08. The highest BCUT2D eigenvalue weighted by Gasteiger charge is 2.44. The number of alkyl halides is 1. The molecule has 0 amide bonds. The Morgan fingerprint density at radius 1 is 1.17 bits per heavy atom. The number of allylic oxidation sites excluding steroid dienone is 2. The predicted octanol–water partition coefficient (Wildman–Crippen LogP) is 3.22. The van der Waals surface area contributed by atoms with Crippen molar-refractivity contribution < 1.29 is 17.6 Å². The van der Waals surface area contributed by atoms with E-state index in [4.69, 9.17) is 0 Å². The fourth-order valence-corrected chi connectivity index (χ4v) is 1.04. The van der Waals surface area contributed by atoms with Crippen molar-refractivity contribution in [2.45, 2.75) is 20.0 Å². The summed E-state index contributed by atoms with van der Waals surface area (Å²) in [4.78, 5) is 0. The van der Waals surface area contributed by atoms with Gasteiger partial charge in [-0.05, 0) is 12.5 Å². The van der Waals surface area contributed by atoms with Gasteiger partial charge in [-0.25, -0.2) is 17.6 Å². The molecule has 68 valence electrons. The van der Waals surface area contributed by atoms with Gasteiger partial charge < -0.3 is 0 Å². The van der Waals surface area contributed by atoms with Crippen LogP contribution in [0.1, 0.15) is 13.8 Å². The van der Waals surface area contributed by atoms with Crippen molar-refractivity contribution in [2.24, 2.45) is 5.92 Å². The second-order valence-electron chi connectivity index (χ2n) is 2.81. The Morgan fingerprint density at radius 2 is 1.67 bits per heavy atom. The highest BCUT2D eigenvalue weighted by molar-refractivity contribution is 5.34. The summed E-state index contributed by atoms with van der Waals surface area (Å²) in [6.45, 7) is 2.12. The van der Waals surface area contributed by atoms with E-state index in [2.05, 4.69) is 0 Å². The molecule has 4 heteroatoms. The Labute approximate surface area is 68.3 Å².